The summed E-state index contributed by atoms with van der Waals surface area (Å²) in [5, 5.41) is 15.6. The Balaban J connectivity index is 2.27. The molecule has 0 saturated heterocycles. The number of amides is 1. The first kappa shape index (κ1) is 14.5. The molecule has 0 aromatic heterocycles. The number of carbonyl (C=O) groups excluding carboxylic acids is 1. The van der Waals surface area contributed by atoms with Gasteiger partial charge in [0.1, 0.15) is 0 Å². The first-order chi connectivity index (χ1) is 8.12. The normalized spacial score (nSPS) is 20.2. The van der Waals surface area contributed by atoms with E-state index in [1.807, 2.05) is 13.8 Å². The minimum atomic E-state index is -0.0446. The molecule has 0 aromatic carbocycles. The number of aliphatic hydroxyl groups excluding tert-OH is 1. The first-order valence-electron chi connectivity index (χ1n) is 6.73. The van der Waals surface area contributed by atoms with Gasteiger partial charge in [-0.1, -0.05) is 19.8 Å². The zero-order valence-electron chi connectivity index (χ0n) is 11.1. The SMILES string of the molecule is CCNC(C)CC(=O)NCC1(CO)CCCC1. The molecule has 0 aliphatic heterocycles. The highest BCUT2D eigenvalue weighted by Crippen LogP contribution is 2.36. The Hall–Kier alpha value is -0.610. The predicted molar refractivity (Wildman–Crippen MR) is 68.8 cm³/mol. The van der Waals surface area contributed by atoms with Gasteiger partial charge in [-0.2, -0.15) is 0 Å². The molecule has 0 bridgehead atoms. The van der Waals surface area contributed by atoms with Crippen LogP contribution in [0, 0.1) is 5.41 Å². The van der Waals surface area contributed by atoms with Crippen LogP contribution in [-0.4, -0.2) is 36.8 Å². The van der Waals surface area contributed by atoms with Gasteiger partial charge in [-0.3, -0.25) is 4.79 Å². The van der Waals surface area contributed by atoms with Crippen LogP contribution in [0.3, 0.4) is 0 Å². The Kier molecular flexibility index (Phi) is 5.92. The quantitative estimate of drug-likeness (QED) is 0.625. The average molecular weight is 242 g/mol. The molecule has 1 fully saturated rings. The third-order valence-corrected chi connectivity index (χ3v) is 3.70. The fourth-order valence-corrected chi connectivity index (χ4v) is 2.57. The van der Waals surface area contributed by atoms with Gasteiger partial charge < -0.3 is 15.7 Å². The Labute approximate surface area is 104 Å². The van der Waals surface area contributed by atoms with Crippen molar-refractivity contribution < 1.29 is 9.90 Å². The van der Waals surface area contributed by atoms with Gasteiger partial charge in [-0.25, -0.2) is 0 Å². The summed E-state index contributed by atoms with van der Waals surface area (Å²) in [5.41, 5.74) is -0.0446. The number of hydrogen-bond acceptors (Lipinski definition) is 3. The molecule has 3 N–H and O–H groups in total. The van der Waals surface area contributed by atoms with Crippen molar-refractivity contribution in [1.82, 2.24) is 10.6 Å². The molecule has 1 aliphatic carbocycles. The zero-order valence-corrected chi connectivity index (χ0v) is 11.1. The van der Waals surface area contributed by atoms with Gasteiger partial charge in [0, 0.05) is 24.4 Å². The maximum absolute atomic E-state index is 11.7. The summed E-state index contributed by atoms with van der Waals surface area (Å²) in [7, 11) is 0. The summed E-state index contributed by atoms with van der Waals surface area (Å²) < 4.78 is 0. The fraction of sp³-hybridized carbons (Fsp3) is 0.923. The second kappa shape index (κ2) is 6.97. The molecule has 1 aliphatic rings. The molecule has 17 heavy (non-hydrogen) atoms. The highest BCUT2D eigenvalue weighted by atomic mass is 16.3. The lowest BCUT2D eigenvalue weighted by atomic mass is 9.87. The van der Waals surface area contributed by atoms with E-state index >= 15 is 0 Å². The van der Waals surface area contributed by atoms with E-state index in [4.69, 9.17) is 0 Å². The monoisotopic (exact) mass is 242 g/mol. The summed E-state index contributed by atoms with van der Waals surface area (Å²) in [4.78, 5) is 11.7. The molecular weight excluding hydrogens is 216 g/mol. The highest BCUT2D eigenvalue weighted by Gasteiger charge is 2.33. The van der Waals surface area contributed by atoms with Gasteiger partial charge in [0.25, 0.3) is 0 Å². The number of rotatable bonds is 7. The third kappa shape index (κ3) is 4.64. The minimum absolute atomic E-state index is 0.0446. The van der Waals surface area contributed by atoms with Crippen LogP contribution < -0.4 is 10.6 Å². The van der Waals surface area contributed by atoms with E-state index in [1.54, 1.807) is 0 Å². The molecule has 1 saturated carbocycles. The molecule has 1 rings (SSSR count). The molecule has 4 nitrogen and oxygen atoms in total. The number of nitrogens with one attached hydrogen (secondary N) is 2. The topological polar surface area (TPSA) is 61.4 Å². The summed E-state index contributed by atoms with van der Waals surface area (Å²) in [5.74, 6) is 0.0816. The van der Waals surface area contributed by atoms with Crippen molar-refractivity contribution in [1.29, 1.82) is 0 Å². The maximum atomic E-state index is 11.7. The largest absolute Gasteiger partial charge is 0.396 e. The lowest BCUT2D eigenvalue weighted by Gasteiger charge is -2.26. The maximum Gasteiger partial charge on any atom is 0.221 e. The first-order valence-corrected chi connectivity index (χ1v) is 6.73. The van der Waals surface area contributed by atoms with Gasteiger partial charge in [-0.05, 0) is 26.3 Å². The van der Waals surface area contributed by atoms with Crippen LogP contribution in [-0.2, 0) is 4.79 Å². The second-order valence-electron chi connectivity index (χ2n) is 5.30. The highest BCUT2D eigenvalue weighted by molar-refractivity contribution is 5.76. The summed E-state index contributed by atoms with van der Waals surface area (Å²) in [6.07, 6.45) is 4.92. The Morgan fingerprint density at radius 2 is 2.06 bits per heavy atom. The molecule has 1 unspecified atom stereocenters. The number of aliphatic hydroxyl groups is 1. The summed E-state index contributed by atoms with van der Waals surface area (Å²) in [6.45, 7) is 5.75. The smallest absolute Gasteiger partial charge is 0.221 e. The lowest BCUT2D eigenvalue weighted by molar-refractivity contribution is -0.122. The van der Waals surface area contributed by atoms with Crippen LogP contribution in [0.15, 0.2) is 0 Å². The predicted octanol–water partition coefficient (Wildman–Crippen LogP) is 1.04. The van der Waals surface area contributed by atoms with Crippen molar-refractivity contribution in [3.63, 3.8) is 0 Å². The average Bonchev–Trinajstić information content (AvgIpc) is 2.76. The van der Waals surface area contributed by atoms with Gasteiger partial charge in [0.05, 0.1) is 6.61 Å². The van der Waals surface area contributed by atoms with E-state index < -0.39 is 0 Å². The van der Waals surface area contributed by atoms with Crippen LogP contribution in [0.5, 0.6) is 0 Å². The molecular formula is C13H26N2O2. The van der Waals surface area contributed by atoms with Crippen molar-refractivity contribution in [2.24, 2.45) is 5.41 Å². The number of carbonyl (C=O) groups is 1. The third-order valence-electron chi connectivity index (χ3n) is 3.70. The Morgan fingerprint density at radius 1 is 1.41 bits per heavy atom. The minimum Gasteiger partial charge on any atom is -0.396 e. The molecule has 100 valence electrons. The summed E-state index contributed by atoms with van der Waals surface area (Å²) >= 11 is 0. The van der Waals surface area contributed by atoms with Crippen molar-refractivity contribution >= 4 is 5.91 Å². The molecule has 4 heteroatoms. The van der Waals surface area contributed by atoms with Crippen LogP contribution in [0.4, 0.5) is 0 Å². The molecule has 0 heterocycles. The van der Waals surface area contributed by atoms with E-state index in [9.17, 15) is 9.90 Å². The van der Waals surface area contributed by atoms with E-state index in [0.717, 1.165) is 19.4 Å². The standard InChI is InChI=1S/C13H26N2O2/c1-3-14-11(2)8-12(17)15-9-13(10-16)6-4-5-7-13/h11,14,16H,3-10H2,1-2H3,(H,15,17). The second-order valence-corrected chi connectivity index (χ2v) is 5.30. The number of hydrogen-bond donors (Lipinski definition) is 3. The summed E-state index contributed by atoms with van der Waals surface area (Å²) in [6, 6.07) is 0.216. The lowest BCUT2D eigenvalue weighted by Crippen LogP contribution is -2.40. The van der Waals surface area contributed by atoms with Gasteiger partial charge in [0.2, 0.25) is 5.91 Å². The molecule has 0 aromatic rings. The van der Waals surface area contributed by atoms with Gasteiger partial charge in [0.15, 0.2) is 0 Å². The van der Waals surface area contributed by atoms with E-state index in [1.165, 1.54) is 12.8 Å². The van der Waals surface area contributed by atoms with E-state index in [0.29, 0.717) is 13.0 Å². The van der Waals surface area contributed by atoms with Crippen molar-refractivity contribution in [3.8, 4) is 0 Å². The van der Waals surface area contributed by atoms with Gasteiger partial charge >= 0.3 is 0 Å². The van der Waals surface area contributed by atoms with E-state index in [-0.39, 0.29) is 24.0 Å². The van der Waals surface area contributed by atoms with Crippen LogP contribution >= 0.6 is 0 Å². The molecule has 0 spiro atoms. The van der Waals surface area contributed by atoms with Crippen molar-refractivity contribution in [2.75, 3.05) is 19.7 Å². The Morgan fingerprint density at radius 3 is 2.59 bits per heavy atom. The van der Waals surface area contributed by atoms with Crippen LogP contribution in [0.1, 0.15) is 46.0 Å². The van der Waals surface area contributed by atoms with Crippen molar-refractivity contribution in [2.45, 2.75) is 52.0 Å². The fourth-order valence-electron chi connectivity index (χ4n) is 2.57. The zero-order chi connectivity index (χ0) is 12.7. The van der Waals surface area contributed by atoms with Crippen LogP contribution in [0.2, 0.25) is 0 Å². The molecule has 1 amide bonds. The Bertz CT molecular complexity index is 238. The van der Waals surface area contributed by atoms with E-state index in [2.05, 4.69) is 10.6 Å². The molecule has 1 atom stereocenters. The van der Waals surface area contributed by atoms with Crippen molar-refractivity contribution in [3.05, 3.63) is 0 Å². The van der Waals surface area contributed by atoms with Crippen LogP contribution in [0.25, 0.3) is 0 Å². The van der Waals surface area contributed by atoms with Gasteiger partial charge in [-0.15, -0.1) is 0 Å². The molecule has 0 radical (unpaired) electrons.